The molecule has 0 radical (unpaired) electrons. The van der Waals surface area contributed by atoms with Gasteiger partial charge in [-0.25, -0.2) is 0 Å². The second kappa shape index (κ2) is 5.91. The van der Waals surface area contributed by atoms with Crippen LogP contribution in [0.15, 0.2) is 12.1 Å². The average molecular weight is 290 g/mol. The molecule has 3 nitrogen and oxygen atoms in total. The van der Waals surface area contributed by atoms with Crippen LogP contribution in [-0.2, 0) is 10.3 Å². The topological polar surface area (TPSA) is 38.3 Å². The second-order valence-electron chi connectivity index (χ2n) is 4.65. The number of nitrogens with one attached hydrogen (secondary N) is 1. The molecule has 0 aromatic heterocycles. The van der Waals surface area contributed by atoms with Crippen LogP contribution in [0.5, 0.6) is 5.75 Å². The second-order valence-corrected chi connectivity index (χ2v) is 5.47. The summed E-state index contributed by atoms with van der Waals surface area (Å²) in [5.41, 5.74) is 0.505. The molecule has 5 heteroatoms. The summed E-state index contributed by atoms with van der Waals surface area (Å²) in [5.74, 6) is 0.540. The van der Waals surface area contributed by atoms with Crippen LogP contribution < -0.4 is 10.1 Å². The van der Waals surface area contributed by atoms with Crippen LogP contribution in [0.4, 0.5) is 0 Å². The lowest BCUT2D eigenvalue weighted by molar-refractivity contribution is -0.116. The lowest BCUT2D eigenvalue weighted by atomic mass is 9.94. The Morgan fingerprint density at radius 2 is 1.83 bits per heavy atom. The number of benzene rings is 1. The van der Waals surface area contributed by atoms with Crippen LogP contribution in [0, 0.1) is 0 Å². The molecule has 0 bridgehead atoms. The maximum Gasteiger partial charge on any atom is 0.156 e. The van der Waals surface area contributed by atoms with Crippen molar-refractivity contribution in [2.24, 2.45) is 0 Å². The highest BCUT2D eigenvalue weighted by Crippen LogP contribution is 2.36. The van der Waals surface area contributed by atoms with E-state index in [1.54, 1.807) is 12.1 Å². The monoisotopic (exact) mass is 289 g/mol. The largest absolute Gasteiger partial charge is 0.494 e. The van der Waals surface area contributed by atoms with Gasteiger partial charge >= 0.3 is 0 Å². The van der Waals surface area contributed by atoms with E-state index in [2.05, 4.69) is 5.32 Å². The lowest BCUT2D eigenvalue weighted by Gasteiger charge is -2.27. The number of carbonyl (C=O) groups excluding carboxylic acids is 1. The number of methoxy groups -OCH3 is 1. The highest BCUT2D eigenvalue weighted by Gasteiger charge is 2.23. The number of rotatable bonds is 5. The standard InChI is InChI=1S/C13H17Cl2NO2/c1-8(17)7-16-13(2,3)9-5-10(14)12(18-4)11(15)6-9/h5-6,16H,7H2,1-4H3. The van der Waals surface area contributed by atoms with Gasteiger partial charge in [-0.3, -0.25) is 4.79 Å². The predicted octanol–water partition coefficient (Wildman–Crippen LogP) is 3.42. The number of carbonyl (C=O) groups is 1. The van der Waals surface area contributed by atoms with Crippen molar-refractivity contribution in [2.45, 2.75) is 26.3 Å². The van der Waals surface area contributed by atoms with Gasteiger partial charge in [-0.15, -0.1) is 0 Å². The van der Waals surface area contributed by atoms with E-state index in [1.807, 2.05) is 13.8 Å². The van der Waals surface area contributed by atoms with Gasteiger partial charge in [0.05, 0.1) is 23.7 Å². The van der Waals surface area contributed by atoms with Gasteiger partial charge in [-0.2, -0.15) is 0 Å². The Morgan fingerprint density at radius 3 is 2.22 bits per heavy atom. The molecule has 1 rings (SSSR count). The Labute approximate surface area is 117 Å². The molecular weight excluding hydrogens is 273 g/mol. The van der Waals surface area contributed by atoms with Crippen LogP contribution >= 0.6 is 23.2 Å². The molecule has 18 heavy (non-hydrogen) atoms. The molecular formula is C13H17Cl2NO2. The van der Waals surface area contributed by atoms with E-state index in [0.717, 1.165) is 5.56 Å². The van der Waals surface area contributed by atoms with Gasteiger partial charge in [0, 0.05) is 5.54 Å². The molecule has 0 atom stereocenters. The van der Waals surface area contributed by atoms with Crippen LogP contribution in [0.2, 0.25) is 10.0 Å². The normalized spacial score (nSPS) is 11.4. The number of Topliss-reactive ketones (excluding diaryl/α,β-unsaturated/α-hetero) is 1. The van der Waals surface area contributed by atoms with Gasteiger partial charge in [0.15, 0.2) is 5.75 Å². The molecule has 0 saturated carbocycles. The number of ether oxygens (including phenoxy) is 1. The number of hydrogen-bond acceptors (Lipinski definition) is 3. The predicted molar refractivity (Wildman–Crippen MR) is 74.7 cm³/mol. The first-order valence-corrected chi connectivity index (χ1v) is 6.31. The van der Waals surface area contributed by atoms with E-state index in [0.29, 0.717) is 22.3 Å². The molecule has 100 valence electrons. The third kappa shape index (κ3) is 3.61. The summed E-state index contributed by atoms with van der Waals surface area (Å²) < 4.78 is 5.10. The molecule has 0 aliphatic carbocycles. The summed E-state index contributed by atoms with van der Waals surface area (Å²) in [6, 6.07) is 3.58. The Kier molecular flexibility index (Phi) is 5.02. The van der Waals surface area contributed by atoms with Crippen LogP contribution in [0.25, 0.3) is 0 Å². The van der Waals surface area contributed by atoms with Crippen molar-refractivity contribution >= 4 is 29.0 Å². The maximum absolute atomic E-state index is 11.0. The Morgan fingerprint density at radius 1 is 1.33 bits per heavy atom. The zero-order valence-electron chi connectivity index (χ0n) is 10.9. The quantitative estimate of drug-likeness (QED) is 0.903. The van der Waals surface area contributed by atoms with Gasteiger partial charge in [0.1, 0.15) is 5.78 Å². The first-order chi connectivity index (χ1) is 8.27. The number of hydrogen-bond donors (Lipinski definition) is 1. The summed E-state index contributed by atoms with van der Waals surface area (Å²) in [6.07, 6.45) is 0. The molecule has 0 fully saturated rings. The first-order valence-electron chi connectivity index (χ1n) is 5.56. The third-order valence-electron chi connectivity index (χ3n) is 2.70. The molecule has 1 aromatic rings. The van der Waals surface area contributed by atoms with Crippen molar-refractivity contribution in [1.82, 2.24) is 5.32 Å². The molecule has 0 saturated heterocycles. The van der Waals surface area contributed by atoms with E-state index in [4.69, 9.17) is 27.9 Å². The van der Waals surface area contributed by atoms with Crippen molar-refractivity contribution in [1.29, 1.82) is 0 Å². The van der Waals surface area contributed by atoms with E-state index in [9.17, 15) is 4.79 Å². The number of halogens is 2. The third-order valence-corrected chi connectivity index (χ3v) is 3.26. The van der Waals surface area contributed by atoms with Crippen molar-refractivity contribution in [3.63, 3.8) is 0 Å². The molecule has 1 aromatic carbocycles. The minimum absolute atomic E-state index is 0.0776. The zero-order chi connectivity index (χ0) is 13.9. The summed E-state index contributed by atoms with van der Waals surface area (Å²) in [4.78, 5) is 11.0. The SMILES string of the molecule is COc1c(Cl)cc(C(C)(C)NCC(C)=O)cc1Cl. The van der Waals surface area contributed by atoms with E-state index < -0.39 is 5.54 Å². The molecule has 0 aliphatic rings. The van der Waals surface area contributed by atoms with Crippen molar-refractivity contribution in [3.05, 3.63) is 27.7 Å². The van der Waals surface area contributed by atoms with E-state index in [-0.39, 0.29) is 5.78 Å². The zero-order valence-corrected chi connectivity index (χ0v) is 12.4. The Bertz CT molecular complexity index is 435. The summed E-state index contributed by atoms with van der Waals surface area (Å²) in [7, 11) is 1.52. The fourth-order valence-corrected chi connectivity index (χ4v) is 2.20. The van der Waals surface area contributed by atoms with Crippen molar-refractivity contribution in [2.75, 3.05) is 13.7 Å². The Hall–Kier alpha value is -0.770. The molecule has 0 aliphatic heterocycles. The highest BCUT2D eigenvalue weighted by molar-refractivity contribution is 6.37. The Balaban J connectivity index is 3.05. The fourth-order valence-electron chi connectivity index (χ4n) is 1.56. The first kappa shape index (κ1) is 15.3. The van der Waals surface area contributed by atoms with E-state index >= 15 is 0 Å². The van der Waals surface area contributed by atoms with E-state index in [1.165, 1.54) is 14.0 Å². The van der Waals surface area contributed by atoms with Crippen molar-refractivity contribution < 1.29 is 9.53 Å². The van der Waals surface area contributed by atoms with Gasteiger partial charge in [0.2, 0.25) is 0 Å². The van der Waals surface area contributed by atoms with Crippen LogP contribution in [0.1, 0.15) is 26.3 Å². The van der Waals surface area contributed by atoms with Gasteiger partial charge in [0.25, 0.3) is 0 Å². The van der Waals surface area contributed by atoms with Gasteiger partial charge in [-0.05, 0) is 38.5 Å². The average Bonchev–Trinajstić information content (AvgIpc) is 2.26. The molecule has 0 amide bonds. The summed E-state index contributed by atoms with van der Waals surface area (Å²) >= 11 is 12.2. The fraction of sp³-hybridized carbons (Fsp3) is 0.462. The molecule has 1 N–H and O–H groups in total. The summed E-state index contributed by atoms with van der Waals surface area (Å²) in [6.45, 7) is 5.76. The molecule has 0 unspecified atom stereocenters. The molecule has 0 heterocycles. The van der Waals surface area contributed by atoms with Gasteiger partial charge in [-0.1, -0.05) is 23.2 Å². The highest BCUT2D eigenvalue weighted by atomic mass is 35.5. The maximum atomic E-state index is 11.0. The number of ketones is 1. The molecule has 0 spiro atoms. The summed E-state index contributed by atoms with van der Waals surface area (Å²) in [5, 5.41) is 4.07. The van der Waals surface area contributed by atoms with Crippen molar-refractivity contribution in [3.8, 4) is 5.75 Å². The van der Waals surface area contributed by atoms with Crippen LogP contribution in [0.3, 0.4) is 0 Å². The van der Waals surface area contributed by atoms with Gasteiger partial charge < -0.3 is 10.1 Å². The van der Waals surface area contributed by atoms with Crippen LogP contribution in [-0.4, -0.2) is 19.4 Å². The minimum Gasteiger partial charge on any atom is -0.494 e. The minimum atomic E-state index is -0.398. The smallest absolute Gasteiger partial charge is 0.156 e. The lowest BCUT2D eigenvalue weighted by Crippen LogP contribution is -2.39.